The molecule has 3 aromatic rings. The first-order chi connectivity index (χ1) is 15.5. The topological polar surface area (TPSA) is 47.4 Å². The van der Waals surface area contributed by atoms with Crippen LogP contribution in [0.4, 0.5) is 0 Å². The standard InChI is InChI=1S/C27H33N3O2/c1-5-13-29-18-21(17-26(29)31)27-28-23-9-6-7-10-24(23)30(27)14-8-15-32-25-16-20(4)11-12-22(25)19(2)3/h5-7,9-12,16,19,21H,1,8,13-15,17-18H2,2-4H3/t21-/m0/s1. The normalized spacial score (nSPS) is 16.3. The molecule has 0 radical (unpaired) electrons. The molecule has 1 amide bonds. The van der Waals surface area contributed by atoms with Gasteiger partial charge in [0, 0.05) is 32.0 Å². The smallest absolute Gasteiger partial charge is 0.223 e. The second-order valence-corrected chi connectivity index (χ2v) is 9.00. The molecule has 0 bridgehead atoms. The summed E-state index contributed by atoms with van der Waals surface area (Å²) < 4.78 is 8.50. The van der Waals surface area contributed by atoms with Crippen molar-refractivity contribution in [1.82, 2.24) is 14.5 Å². The van der Waals surface area contributed by atoms with Crippen molar-refractivity contribution in [3.8, 4) is 5.75 Å². The maximum atomic E-state index is 12.4. The molecule has 1 fully saturated rings. The number of aromatic nitrogens is 2. The number of aryl methyl sites for hydroxylation is 2. The summed E-state index contributed by atoms with van der Waals surface area (Å²) in [7, 11) is 0. The van der Waals surface area contributed by atoms with Gasteiger partial charge in [0.2, 0.25) is 5.91 Å². The van der Waals surface area contributed by atoms with Crippen molar-refractivity contribution in [2.75, 3.05) is 19.7 Å². The van der Waals surface area contributed by atoms with Crippen LogP contribution in [-0.2, 0) is 11.3 Å². The summed E-state index contributed by atoms with van der Waals surface area (Å²) in [6.07, 6.45) is 3.17. The molecule has 5 heteroatoms. The van der Waals surface area contributed by atoms with E-state index in [1.807, 2.05) is 23.1 Å². The molecule has 2 aromatic carbocycles. The first-order valence-electron chi connectivity index (χ1n) is 11.5. The molecule has 1 aromatic heterocycles. The molecule has 0 saturated carbocycles. The van der Waals surface area contributed by atoms with Gasteiger partial charge in [0.15, 0.2) is 0 Å². The molecule has 1 aliphatic heterocycles. The number of imidazole rings is 1. The van der Waals surface area contributed by atoms with Crippen LogP contribution in [-0.4, -0.2) is 40.1 Å². The molecule has 2 heterocycles. The fraction of sp³-hybridized carbons (Fsp3) is 0.407. The first-order valence-corrected chi connectivity index (χ1v) is 11.5. The maximum Gasteiger partial charge on any atom is 0.223 e. The van der Waals surface area contributed by atoms with E-state index in [1.54, 1.807) is 6.08 Å². The molecule has 168 valence electrons. The van der Waals surface area contributed by atoms with Gasteiger partial charge in [-0.15, -0.1) is 6.58 Å². The third kappa shape index (κ3) is 4.57. The highest BCUT2D eigenvalue weighted by atomic mass is 16.5. The highest BCUT2D eigenvalue weighted by Crippen LogP contribution is 2.31. The zero-order valence-electron chi connectivity index (χ0n) is 19.4. The van der Waals surface area contributed by atoms with Gasteiger partial charge in [-0.2, -0.15) is 0 Å². The summed E-state index contributed by atoms with van der Waals surface area (Å²) in [5.74, 6) is 2.70. The molecule has 1 atom stereocenters. The zero-order chi connectivity index (χ0) is 22.7. The fourth-order valence-electron chi connectivity index (χ4n) is 4.57. The second-order valence-electron chi connectivity index (χ2n) is 9.00. The van der Waals surface area contributed by atoms with Crippen LogP contribution < -0.4 is 4.74 Å². The van der Waals surface area contributed by atoms with Crippen LogP contribution in [0, 0.1) is 6.92 Å². The van der Waals surface area contributed by atoms with Crippen molar-refractivity contribution in [2.45, 2.75) is 52.0 Å². The number of nitrogens with zero attached hydrogens (tertiary/aromatic N) is 3. The van der Waals surface area contributed by atoms with Crippen LogP contribution in [0.1, 0.15) is 55.5 Å². The quantitative estimate of drug-likeness (QED) is 0.335. The molecule has 5 nitrogen and oxygen atoms in total. The number of fused-ring (bicyclic) bond motifs is 1. The lowest BCUT2D eigenvalue weighted by atomic mass is 10.0. The predicted molar refractivity (Wildman–Crippen MR) is 129 cm³/mol. The maximum absolute atomic E-state index is 12.4. The molecule has 32 heavy (non-hydrogen) atoms. The van der Waals surface area contributed by atoms with E-state index < -0.39 is 0 Å². The number of amides is 1. The lowest BCUT2D eigenvalue weighted by Gasteiger charge is -2.17. The third-order valence-electron chi connectivity index (χ3n) is 6.19. The van der Waals surface area contributed by atoms with Gasteiger partial charge in [0.1, 0.15) is 11.6 Å². The number of rotatable bonds is 9. The Morgan fingerprint density at radius 1 is 1.25 bits per heavy atom. The molecule has 0 N–H and O–H groups in total. The van der Waals surface area contributed by atoms with E-state index in [1.165, 1.54) is 11.1 Å². The lowest BCUT2D eigenvalue weighted by Crippen LogP contribution is -2.25. The molecule has 0 aliphatic carbocycles. The molecular formula is C27H33N3O2. The molecule has 1 saturated heterocycles. The van der Waals surface area contributed by atoms with Gasteiger partial charge < -0.3 is 14.2 Å². The van der Waals surface area contributed by atoms with Crippen molar-refractivity contribution in [1.29, 1.82) is 0 Å². The van der Waals surface area contributed by atoms with Crippen LogP contribution in [0.5, 0.6) is 5.75 Å². The third-order valence-corrected chi connectivity index (χ3v) is 6.19. The van der Waals surface area contributed by atoms with Gasteiger partial charge in [-0.25, -0.2) is 4.98 Å². The Labute approximate surface area is 190 Å². The van der Waals surface area contributed by atoms with Crippen molar-refractivity contribution >= 4 is 16.9 Å². The van der Waals surface area contributed by atoms with E-state index in [-0.39, 0.29) is 11.8 Å². The largest absolute Gasteiger partial charge is 0.493 e. The predicted octanol–water partition coefficient (Wildman–Crippen LogP) is 5.44. The van der Waals surface area contributed by atoms with Crippen molar-refractivity contribution < 1.29 is 9.53 Å². The van der Waals surface area contributed by atoms with Gasteiger partial charge >= 0.3 is 0 Å². The van der Waals surface area contributed by atoms with Crippen molar-refractivity contribution in [3.05, 3.63) is 72.1 Å². The summed E-state index contributed by atoms with van der Waals surface area (Å²) in [5, 5.41) is 0. The number of likely N-dealkylation sites (tertiary alicyclic amines) is 1. The molecular weight excluding hydrogens is 398 g/mol. The van der Waals surface area contributed by atoms with E-state index in [0.29, 0.717) is 32.0 Å². The summed E-state index contributed by atoms with van der Waals surface area (Å²) in [6, 6.07) is 14.7. The van der Waals surface area contributed by atoms with Crippen LogP contribution in [0.2, 0.25) is 0 Å². The van der Waals surface area contributed by atoms with Crippen molar-refractivity contribution in [2.24, 2.45) is 0 Å². The van der Waals surface area contributed by atoms with E-state index in [4.69, 9.17) is 9.72 Å². The Morgan fingerprint density at radius 3 is 2.84 bits per heavy atom. The molecule has 4 rings (SSSR count). The Morgan fingerprint density at radius 2 is 2.06 bits per heavy atom. The number of carbonyl (C=O) groups excluding carboxylic acids is 1. The average molecular weight is 432 g/mol. The van der Waals surface area contributed by atoms with E-state index in [2.05, 4.69) is 56.2 Å². The summed E-state index contributed by atoms with van der Waals surface area (Å²) in [4.78, 5) is 19.2. The fourth-order valence-corrected chi connectivity index (χ4v) is 4.57. The van der Waals surface area contributed by atoms with Crippen LogP contribution in [0.25, 0.3) is 11.0 Å². The lowest BCUT2D eigenvalue weighted by molar-refractivity contribution is -0.127. The van der Waals surface area contributed by atoms with Crippen LogP contribution >= 0.6 is 0 Å². The van der Waals surface area contributed by atoms with E-state index in [0.717, 1.165) is 35.6 Å². The highest BCUT2D eigenvalue weighted by molar-refractivity contribution is 5.81. The van der Waals surface area contributed by atoms with Gasteiger partial charge in [-0.3, -0.25) is 4.79 Å². The van der Waals surface area contributed by atoms with Crippen LogP contribution in [0.15, 0.2) is 55.1 Å². The number of para-hydroxylation sites is 2. The minimum absolute atomic E-state index is 0.111. The zero-order valence-corrected chi connectivity index (χ0v) is 19.4. The highest BCUT2D eigenvalue weighted by Gasteiger charge is 2.33. The second kappa shape index (κ2) is 9.60. The molecule has 0 spiro atoms. The van der Waals surface area contributed by atoms with E-state index in [9.17, 15) is 4.79 Å². The summed E-state index contributed by atoms with van der Waals surface area (Å²) >= 11 is 0. The Hall–Kier alpha value is -3.08. The van der Waals surface area contributed by atoms with Gasteiger partial charge in [-0.1, -0.05) is 44.2 Å². The van der Waals surface area contributed by atoms with Gasteiger partial charge in [0.05, 0.1) is 17.6 Å². The monoisotopic (exact) mass is 431 g/mol. The number of ether oxygens (including phenoxy) is 1. The number of hydrogen-bond donors (Lipinski definition) is 0. The SMILES string of the molecule is C=CCN1C[C@@H](c2nc3ccccc3n2CCCOc2cc(C)ccc2C(C)C)CC1=O. The first kappa shape index (κ1) is 22.1. The molecule has 0 unspecified atom stereocenters. The number of benzene rings is 2. The minimum Gasteiger partial charge on any atom is -0.493 e. The average Bonchev–Trinajstić information content (AvgIpc) is 3.32. The van der Waals surface area contributed by atoms with Gasteiger partial charge in [-0.05, 0) is 48.6 Å². The Balaban J connectivity index is 1.50. The molecule has 1 aliphatic rings. The number of hydrogen-bond acceptors (Lipinski definition) is 3. The summed E-state index contributed by atoms with van der Waals surface area (Å²) in [5.41, 5.74) is 4.56. The van der Waals surface area contributed by atoms with E-state index >= 15 is 0 Å². The Kier molecular flexibility index (Phi) is 6.63. The number of carbonyl (C=O) groups is 1. The minimum atomic E-state index is 0.111. The van der Waals surface area contributed by atoms with Gasteiger partial charge in [0.25, 0.3) is 0 Å². The summed E-state index contributed by atoms with van der Waals surface area (Å²) in [6.45, 7) is 13.0. The van der Waals surface area contributed by atoms with Crippen molar-refractivity contribution in [3.63, 3.8) is 0 Å². The van der Waals surface area contributed by atoms with Crippen LogP contribution in [0.3, 0.4) is 0 Å². The Bertz CT molecular complexity index is 1120.